The number of nitrogens with two attached hydrogens (primary N) is 3. The van der Waals surface area contributed by atoms with Gasteiger partial charge in [-0.2, -0.15) is 0 Å². The maximum absolute atomic E-state index is 10.0. The molecular formula is C11H25N3O7. The third kappa shape index (κ3) is 18.2. The van der Waals surface area contributed by atoms with Crippen LogP contribution in [0.25, 0.3) is 0 Å². The molecule has 0 aromatic rings. The predicted octanol–water partition coefficient (Wildman–Crippen LogP) is -2.14. The van der Waals surface area contributed by atoms with Crippen LogP contribution in [0.3, 0.4) is 0 Å². The van der Waals surface area contributed by atoms with Gasteiger partial charge in [-0.15, -0.1) is 0 Å². The molecule has 0 aromatic carbocycles. The molecule has 0 saturated heterocycles. The summed E-state index contributed by atoms with van der Waals surface area (Å²) in [6, 6.07) is -1.87. The van der Waals surface area contributed by atoms with E-state index in [0.717, 1.165) is 0 Å². The lowest BCUT2D eigenvalue weighted by molar-refractivity contribution is -0.141. The van der Waals surface area contributed by atoms with E-state index in [2.05, 4.69) is 5.73 Å². The van der Waals surface area contributed by atoms with E-state index >= 15 is 0 Å². The summed E-state index contributed by atoms with van der Waals surface area (Å²) in [5, 5.41) is 32.4. The van der Waals surface area contributed by atoms with Crippen LogP contribution in [-0.2, 0) is 14.4 Å². The second-order valence-corrected chi connectivity index (χ2v) is 4.31. The summed E-state index contributed by atoms with van der Waals surface area (Å²) in [5.74, 6) is -3.06. The molecule has 0 rings (SSSR count). The quantitative estimate of drug-likeness (QED) is 0.293. The van der Waals surface area contributed by atoms with E-state index in [0.29, 0.717) is 0 Å². The highest BCUT2D eigenvalue weighted by molar-refractivity contribution is 5.73. The van der Waals surface area contributed by atoms with Gasteiger partial charge in [0.25, 0.3) is 0 Å². The Balaban J connectivity index is -0.000000239. The molecule has 0 amide bonds. The summed E-state index contributed by atoms with van der Waals surface area (Å²) in [7, 11) is 0. The van der Waals surface area contributed by atoms with Crippen LogP contribution < -0.4 is 17.2 Å². The van der Waals surface area contributed by atoms with Crippen molar-refractivity contribution < 1.29 is 34.8 Å². The summed E-state index contributed by atoms with van der Waals surface area (Å²) >= 11 is 0. The number of aliphatic carboxylic acids is 3. The minimum absolute atomic E-state index is 0.0208. The maximum atomic E-state index is 10.0. The molecular weight excluding hydrogens is 286 g/mol. The van der Waals surface area contributed by atoms with Crippen LogP contribution in [0.2, 0.25) is 0 Å². The first-order valence-electron chi connectivity index (χ1n) is 5.95. The van der Waals surface area contributed by atoms with E-state index < -0.39 is 36.1 Å². The molecule has 0 bridgehead atoms. The summed E-state index contributed by atoms with van der Waals surface area (Å²) in [6.07, 6.45) is -0.979. The highest BCUT2D eigenvalue weighted by atomic mass is 16.4. The fraction of sp³-hybridized carbons (Fsp3) is 0.727. The Bertz CT molecular complexity index is 297. The van der Waals surface area contributed by atoms with E-state index in [9.17, 15) is 14.4 Å². The number of hydrogen-bond donors (Lipinski definition) is 7. The normalized spacial score (nSPS) is 13.7. The van der Waals surface area contributed by atoms with Gasteiger partial charge in [-0.25, -0.2) is 0 Å². The Hall–Kier alpha value is -1.75. The molecule has 0 aliphatic heterocycles. The van der Waals surface area contributed by atoms with Gasteiger partial charge < -0.3 is 37.6 Å². The molecule has 10 nitrogen and oxygen atoms in total. The number of hydrogen-bond acceptors (Lipinski definition) is 7. The zero-order valence-electron chi connectivity index (χ0n) is 12.3. The smallest absolute Gasteiger partial charge is 0.323 e. The Morgan fingerprint density at radius 2 is 1.19 bits per heavy atom. The first kappa shape index (κ1) is 24.3. The molecule has 0 aliphatic carbocycles. The summed E-state index contributed by atoms with van der Waals surface area (Å²) in [4.78, 5) is 29.1. The maximum Gasteiger partial charge on any atom is 0.323 e. The number of rotatable bonds is 5. The van der Waals surface area contributed by atoms with Crippen molar-refractivity contribution in [1.82, 2.24) is 0 Å². The third-order valence-corrected chi connectivity index (χ3v) is 1.98. The Morgan fingerprint density at radius 1 is 0.905 bits per heavy atom. The Labute approximate surface area is 122 Å². The van der Waals surface area contributed by atoms with Gasteiger partial charge in [0, 0.05) is 0 Å². The molecule has 0 fully saturated rings. The lowest BCUT2D eigenvalue weighted by atomic mass is 10.1. The average Bonchev–Trinajstić information content (AvgIpc) is 2.37. The van der Waals surface area contributed by atoms with E-state index in [1.165, 1.54) is 6.92 Å². The molecule has 0 aromatic heterocycles. The molecule has 0 aliphatic rings. The van der Waals surface area contributed by atoms with Crippen LogP contribution >= 0.6 is 0 Å². The van der Waals surface area contributed by atoms with E-state index in [1.54, 1.807) is 13.8 Å². The fourth-order valence-corrected chi connectivity index (χ4v) is 0.491. The summed E-state index contributed by atoms with van der Waals surface area (Å²) in [6.45, 7) is 4.61. The number of carboxylic acid groups (broad SMARTS) is 3. The van der Waals surface area contributed by atoms with Gasteiger partial charge >= 0.3 is 17.9 Å². The van der Waals surface area contributed by atoms with Crippen molar-refractivity contribution >= 4 is 17.9 Å². The van der Waals surface area contributed by atoms with Gasteiger partial charge in [0.15, 0.2) is 0 Å². The number of carbonyl (C=O) groups is 3. The van der Waals surface area contributed by atoms with Crippen LogP contribution in [0, 0.1) is 5.92 Å². The molecule has 10 heteroatoms. The van der Waals surface area contributed by atoms with Crippen molar-refractivity contribution in [2.75, 3.05) is 6.54 Å². The van der Waals surface area contributed by atoms with Gasteiger partial charge in [-0.05, 0) is 12.8 Å². The van der Waals surface area contributed by atoms with E-state index in [4.69, 9.17) is 31.9 Å². The largest absolute Gasteiger partial charge is 0.480 e. The van der Waals surface area contributed by atoms with E-state index in [1.807, 2.05) is 0 Å². The van der Waals surface area contributed by atoms with E-state index in [-0.39, 0.29) is 12.5 Å². The topological polar surface area (TPSA) is 210 Å². The first-order valence-corrected chi connectivity index (χ1v) is 5.95. The Morgan fingerprint density at radius 3 is 1.19 bits per heavy atom. The van der Waals surface area contributed by atoms with Gasteiger partial charge in [0.1, 0.15) is 12.1 Å². The van der Waals surface area contributed by atoms with Gasteiger partial charge in [0.05, 0.1) is 12.6 Å². The third-order valence-electron chi connectivity index (χ3n) is 1.98. The van der Waals surface area contributed by atoms with Crippen molar-refractivity contribution in [3.63, 3.8) is 0 Å². The van der Waals surface area contributed by atoms with Crippen LogP contribution in [0.4, 0.5) is 0 Å². The minimum Gasteiger partial charge on any atom is -0.480 e. The summed E-state index contributed by atoms with van der Waals surface area (Å²) in [5.41, 5.74) is 14.6. The highest BCUT2D eigenvalue weighted by Crippen LogP contribution is 1.96. The molecule has 10 N–H and O–H groups in total. The average molecular weight is 311 g/mol. The monoisotopic (exact) mass is 311 g/mol. The number of aliphatic hydroxyl groups is 1. The zero-order chi connectivity index (χ0) is 17.7. The second kappa shape index (κ2) is 13.2. The summed E-state index contributed by atoms with van der Waals surface area (Å²) < 4.78 is 0. The first-order chi connectivity index (χ1) is 9.38. The van der Waals surface area contributed by atoms with Gasteiger partial charge in [-0.1, -0.05) is 13.8 Å². The lowest BCUT2D eigenvalue weighted by Crippen LogP contribution is -2.39. The van der Waals surface area contributed by atoms with Gasteiger partial charge in [0.2, 0.25) is 0 Å². The van der Waals surface area contributed by atoms with Crippen LogP contribution in [-0.4, -0.2) is 63.1 Å². The van der Waals surface area contributed by atoms with Gasteiger partial charge in [-0.3, -0.25) is 14.4 Å². The molecule has 0 heterocycles. The molecule has 0 saturated carbocycles. The highest BCUT2D eigenvalue weighted by Gasteiger charge is 2.16. The van der Waals surface area contributed by atoms with Crippen molar-refractivity contribution in [3.8, 4) is 0 Å². The second-order valence-electron chi connectivity index (χ2n) is 4.31. The number of carboxylic acids is 3. The fourth-order valence-electron chi connectivity index (χ4n) is 0.491. The SMILES string of the molecule is CC(C)[C@H](N)C(=O)O.C[C@@H](O)[C@H](N)C(=O)O.NCC(=O)O. The molecule has 3 atom stereocenters. The van der Waals surface area contributed by atoms with Crippen LogP contribution in [0.1, 0.15) is 20.8 Å². The van der Waals surface area contributed by atoms with Crippen molar-refractivity contribution in [3.05, 3.63) is 0 Å². The molecule has 0 spiro atoms. The predicted molar refractivity (Wildman–Crippen MR) is 74.4 cm³/mol. The van der Waals surface area contributed by atoms with Crippen molar-refractivity contribution in [2.45, 2.75) is 39.0 Å². The number of aliphatic hydroxyl groups excluding tert-OH is 1. The minimum atomic E-state index is -1.18. The molecule has 0 radical (unpaired) electrons. The van der Waals surface area contributed by atoms with Crippen molar-refractivity contribution in [1.29, 1.82) is 0 Å². The molecule has 0 unspecified atom stereocenters. The Kier molecular flexibility index (Phi) is 15.3. The van der Waals surface area contributed by atoms with Crippen LogP contribution in [0.5, 0.6) is 0 Å². The molecule has 126 valence electrons. The standard InChI is InChI=1S/C5H11NO2.C4H9NO3.C2H5NO2/c1-3(2)4(6)5(7)8;1-2(6)3(5)4(7)8;3-1-2(4)5/h3-4H,6H2,1-2H3,(H,7,8);2-3,6H,5H2,1H3,(H,7,8);1,3H2,(H,4,5)/t4-;2-,3+;/m01./s1. The molecule has 21 heavy (non-hydrogen) atoms. The van der Waals surface area contributed by atoms with Crippen molar-refractivity contribution in [2.24, 2.45) is 23.1 Å². The zero-order valence-corrected chi connectivity index (χ0v) is 12.3. The van der Waals surface area contributed by atoms with Crippen LogP contribution in [0.15, 0.2) is 0 Å². The lowest BCUT2D eigenvalue weighted by Gasteiger charge is -2.07.